The zero-order valence-corrected chi connectivity index (χ0v) is 6.50. The van der Waals surface area contributed by atoms with E-state index in [1.165, 1.54) is 0 Å². The highest BCUT2D eigenvalue weighted by Crippen LogP contribution is 2.12. The molecule has 0 aromatic heterocycles. The fourth-order valence-electron chi connectivity index (χ4n) is 0.890. The molecule has 0 aliphatic rings. The number of benzene rings is 1. The van der Waals surface area contributed by atoms with E-state index in [4.69, 9.17) is 0 Å². The average molecular weight is 175 g/mol. The normalized spacial score (nSPS) is 10.3. The molecule has 1 N–H and O–H groups in total. The predicted molar refractivity (Wildman–Crippen MR) is 39.1 cm³/mol. The molecule has 0 heterocycles. The first kappa shape index (κ1) is 9.06. The fraction of sp³-hybridized carbons (Fsp3) is 0.250. The van der Waals surface area contributed by atoms with Gasteiger partial charge < -0.3 is 5.32 Å². The summed E-state index contributed by atoms with van der Waals surface area (Å²) < 4.78 is 37.6. The molecule has 0 amide bonds. The molecule has 0 aliphatic carbocycles. The van der Waals surface area contributed by atoms with Crippen molar-refractivity contribution in [2.75, 3.05) is 7.05 Å². The van der Waals surface area contributed by atoms with E-state index in [0.29, 0.717) is 6.07 Å². The van der Waals surface area contributed by atoms with Crippen molar-refractivity contribution >= 4 is 0 Å². The van der Waals surface area contributed by atoms with Gasteiger partial charge in [0.1, 0.15) is 5.82 Å². The molecular formula is C8H8F3N. The summed E-state index contributed by atoms with van der Waals surface area (Å²) in [7, 11) is 1.60. The minimum atomic E-state index is -1.16. The van der Waals surface area contributed by atoms with E-state index in [-0.39, 0.29) is 12.1 Å². The van der Waals surface area contributed by atoms with Crippen LogP contribution in [0.25, 0.3) is 0 Å². The third-order valence-electron chi connectivity index (χ3n) is 1.46. The maximum atomic E-state index is 12.8. The quantitative estimate of drug-likeness (QED) is 0.676. The van der Waals surface area contributed by atoms with Crippen LogP contribution >= 0.6 is 0 Å². The van der Waals surface area contributed by atoms with Crippen molar-refractivity contribution in [3.8, 4) is 0 Å². The third kappa shape index (κ3) is 1.76. The number of hydrogen-bond acceptors (Lipinski definition) is 1. The Bertz CT molecular complexity index is 286. The van der Waals surface area contributed by atoms with Crippen molar-refractivity contribution in [2.24, 2.45) is 0 Å². The second-order valence-corrected chi connectivity index (χ2v) is 2.39. The lowest BCUT2D eigenvalue weighted by Crippen LogP contribution is -2.08. The van der Waals surface area contributed by atoms with Crippen LogP contribution in [0.4, 0.5) is 13.2 Å². The summed E-state index contributed by atoms with van der Waals surface area (Å²) in [5.41, 5.74) is 0.122. The van der Waals surface area contributed by atoms with Crippen molar-refractivity contribution in [3.05, 3.63) is 35.1 Å². The highest BCUT2D eigenvalue weighted by Gasteiger charge is 2.08. The van der Waals surface area contributed by atoms with Gasteiger partial charge in [0.2, 0.25) is 0 Å². The van der Waals surface area contributed by atoms with Gasteiger partial charge >= 0.3 is 0 Å². The Hall–Kier alpha value is -1.03. The first-order valence-electron chi connectivity index (χ1n) is 3.43. The van der Waals surface area contributed by atoms with Gasteiger partial charge in [-0.15, -0.1) is 0 Å². The molecule has 0 saturated carbocycles. The third-order valence-corrected chi connectivity index (χ3v) is 1.46. The maximum Gasteiger partial charge on any atom is 0.161 e. The number of halogens is 3. The molecule has 0 radical (unpaired) electrons. The molecule has 1 nitrogen and oxygen atoms in total. The summed E-state index contributed by atoms with van der Waals surface area (Å²) in [6.45, 7) is 0.184. The summed E-state index contributed by atoms with van der Waals surface area (Å²) in [6.07, 6.45) is 0. The van der Waals surface area contributed by atoms with Gasteiger partial charge in [0.25, 0.3) is 0 Å². The van der Waals surface area contributed by atoms with Crippen molar-refractivity contribution in [3.63, 3.8) is 0 Å². The van der Waals surface area contributed by atoms with E-state index in [2.05, 4.69) is 5.32 Å². The van der Waals surface area contributed by atoms with E-state index >= 15 is 0 Å². The molecule has 0 atom stereocenters. The van der Waals surface area contributed by atoms with Crippen LogP contribution in [0.5, 0.6) is 0 Å². The van der Waals surface area contributed by atoms with Gasteiger partial charge in [0.05, 0.1) is 0 Å². The second kappa shape index (κ2) is 3.58. The molecule has 12 heavy (non-hydrogen) atoms. The molecule has 0 bridgehead atoms. The van der Waals surface area contributed by atoms with Crippen LogP contribution in [0.15, 0.2) is 12.1 Å². The molecule has 0 saturated heterocycles. The van der Waals surface area contributed by atoms with E-state index in [0.717, 1.165) is 6.07 Å². The molecule has 66 valence electrons. The summed E-state index contributed by atoms with van der Waals surface area (Å²) in [5, 5.41) is 2.64. The lowest BCUT2D eigenvalue weighted by molar-refractivity contribution is 0.488. The number of rotatable bonds is 2. The van der Waals surface area contributed by atoms with Gasteiger partial charge in [-0.1, -0.05) is 0 Å². The van der Waals surface area contributed by atoms with E-state index < -0.39 is 17.5 Å². The fourth-order valence-corrected chi connectivity index (χ4v) is 0.890. The van der Waals surface area contributed by atoms with Gasteiger partial charge in [-0.3, -0.25) is 0 Å². The van der Waals surface area contributed by atoms with Crippen LogP contribution in [0.2, 0.25) is 0 Å². The van der Waals surface area contributed by atoms with Crippen LogP contribution < -0.4 is 5.32 Å². The standard InChI is InChI=1S/C8H8F3N/c1-12-4-5-2-7(10)8(11)3-6(5)9/h2-3,12H,4H2,1H3. The van der Waals surface area contributed by atoms with Gasteiger partial charge in [0, 0.05) is 18.2 Å². The maximum absolute atomic E-state index is 12.8. The zero-order valence-electron chi connectivity index (χ0n) is 6.50. The lowest BCUT2D eigenvalue weighted by atomic mass is 10.2. The largest absolute Gasteiger partial charge is 0.316 e. The highest BCUT2D eigenvalue weighted by atomic mass is 19.2. The molecule has 0 fully saturated rings. The summed E-state index contributed by atoms with van der Waals surface area (Å²) in [4.78, 5) is 0. The molecule has 1 aromatic carbocycles. The van der Waals surface area contributed by atoms with E-state index in [9.17, 15) is 13.2 Å². The smallest absolute Gasteiger partial charge is 0.161 e. The number of nitrogens with one attached hydrogen (secondary N) is 1. The molecule has 0 spiro atoms. The second-order valence-electron chi connectivity index (χ2n) is 2.39. The summed E-state index contributed by atoms with van der Waals surface area (Å²) >= 11 is 0. The van der Waals surface area contributed by atoms with Crippen molar-refractivity contribution in [1.29, 1.82) is 0 Å². The highest BCUT2D eigenvalue weighted by molar-refractivity contribution is 5.19. The van der Waals surface area contributed by atoms with Crippen molar-refractivity contribution in [1.82, 2.24) is 5.32 Å². The average Bonchev–Trinajstić information content (AvgIpc) is 2.01. The molecule has 4 heteroatoms. The topological polar surface area (TPSA) is 12.0 Å². The molecule has 1 rings (SSSR count). The van der Waals surface area contributed by atoms with Crippen LogP contribution in [0.3, 0.4) is 0 Å². The molecule has 0 unspecified atom stereocenters. The monoisotopic (exact) mass is 175 g/mol. The van der Waals surface area contributed by atoms with Crippen LogP contribution in [0.1, 0.15) is 5.56 Å². The van der Waals surface area contributed by atoms with Gasteiger partial charge in [-0.2, -0.15) is 0 Å². The Kier molecular flexibility index (Phi) is 2.70. The first-order chi connectivity index (χ1) is 5.65. The van der Waals surface area contributed by atoms with Crippen LogP contribution in [0, 0.1) is 17.5 Å². The Morgan fingerprint density at radius 2 is 1.67 bits per heavy atom. The minimum absolute atomic E-state index is 0.122. The molecule has 0 aliphatic heterocycles. The summed E-state index contributed by atoms with van der Waals surface area (Å²) in [5.74, 6) is -2.92. The number of hydrogen-bond donors (Lipinski definition) is 1. The van der Waals surface area contributed by atoms with E-state index in [1.807, 2.05) is 0 Å². The van der Waals surface area contributed by atoms with Gasteiger partial charge in [-0.05, 0) is 13.1 Å². The Balaban J connectivity index is 3.05. The predicted octanol–water partition coefficient (Wildman–Crippen LogP) is 1.82. The SMILES string of the molecule is CNCc1cc(F)c(F)cc1F. The van der Waals surface area contributed by atoms with Gasteiger partial charge in [-0.25, -0.2) is 13.2 Å². The van der Waals surface area contributed by atoms with Crippen molar-refractivity contribution in [2.45, 2.75) is 6.54 Å². The molecule has 1 aromatic rings. The van der Waals surface area contributed by atoms with Crippen LogP contribution in [-0.4, -0.2) is 7.05 Å². The minimum Gasteiger partial charge on any atom is -0.316 e. The lowest BCUT2D eigenvalue weighted by Gasteiger charge is -2.02. The Morgan fingerprint density at radius 3 is 2.25 bits per heavy atom. The Labute approximate surface area is 68.2 Å². The summed E-state index contributed by atoms with van der Waals surface area (Å²) in [6, 6.07) is 1.39. The van der Waals surface area contributed by atoms with Crippen LogP contribution in [-0.2, 0) is 6.54 Å². The van der Waals surface area contributed by atoms with Gasteiger partial charge in [0.15, 0.2) is 11.6 Å². The zero-order chi connectivity index (χ0) is 9.14. The van der Waals surface area contributed by atoms with E-state index in [1.54, 1.807) is 7.05 Å². The first-order valence-corrected chi connectivity index (χ1v) is 3.43. The Morgan fingerprint density at radius 1 is 1.08 bits per heavy atom. The molecular weight excluding hydrogens is 167 g/mol. The van der Waals surface area contributed by atoms with Crippen molar-refractivity contribution < 1.29 is 13.2 Å².